The van der Waals surface area contributed by atoms with E-state index in [1.807, 2.05) is 0 Å². The molecule has 1 aliphatic carbocycles. The zero-order valence-electron chi connectivity index (χ0n) is 13.2. The van der Waals surface area contributed by atoms with Crippen LogP contribution in [0.15, 0.2) is 5.10 Å². The maximum Gasteiger partial charge on any atom is 0.352 e. The van der Waals surface area contributed by atoms with Crippen LogP contribution in [0, 0.1) is 12.3 Å². The second kappa shape index (κ2) is 4.94. The van der Waals surface area contributed by atoms with Gasteiger partial charge in [0.1, 0.15) is 12.2 Å². The number of carbonyl (C=O) groups is 3. The topological polar surface area (TPSA) is 115 Å². The quantitative estimate of drug-likeness (QED) is 0.712. The fourth-order valence-electron chi connectivity index (χ4n) is 3.22. The number of carboxylic acid groups (broad SMARTS) is 1. The van der Waals surface area contributed by atoms with Crippen LogP contribution in [0.1, 0.15) is 47.6 Å². The van der Waals surface area contributed by atoms with Crippen molar-refractivity contribution < 1.29 is 19.5 Å². The Morgan fingerprint density at radius 2 is 2.00 bits per heavy atom. The highest BCUT2D eigenvalue weighted by Gasteiger charge is 2.36. The van der Waals surface area contributed by atoms with E-state index in [1.165, 1.54) is 0 Å². The average Bonchev–Trinajstić information content (AvgIpc) is 2.88. The molecule has 1 saturated heterocycles. The number of nitrogens with one attached hydrogen (secondary N) is 2. The lowest BCUT2D eigenvalue weighted by molar-refractivity contribution is -0.118. The van der Waals surface area contributed by atoms with Crippen LogP contribution in [0.25, 0.3) is 0 Å². The highest BCUT2D eigenvalue weighted by Crippen LogP contribution is 2.37. The van der Waals surface area contributed by atoms with Crippen molar-refractivity contribution in [1.82, 2.24) is 15.3 Å². The van der Waals surface area contributed by atoms with Gasteiger partial charge in [0.25, 0.3) is 0 Å². The van der Waals surface area contributed by atoms with Crippen molar-refractivity contribution in [3.05, 3.63) is 22.5 Å². The molecule has 1 aromatic rings. The monoisotopic (exact) mass is 318 g/mol. The van der Waals surface area contributed by atoms with E-state index < -0.39 is 17.9 Å². The molecule has 0 aromatic carbocycles. The van der Waals surface area contributed by atoms with E-state index in [0.29, 0.717) is 24.1 Å². The third-order valence-electron chi connectivity index (χ3n) is 4.15. The number of imide groups is 1. The van der Waals surface area contributed by atoms with Crippen molar-refractivity contribution in [3.63, 3.8) is 0 Å². The smallest absolute Gasteiger partial charge is 0.352 e. The van der Waals surface area contributed by atoms with Gasteiger partial charge in [0.15, 0.2) is 0 Å². The molecule has 122 valence electrons. The molecule has 8 heteroatoms. The summed E-state index contributed by atoms with van der Waals surface area (Å²) in [6, 6.07) is -0.556. The van der Waals surface area contributed by atoms with Gasteiger partial charge in [-0.25, -0.2) is 14.6 Å². The van der Waals surface area contributed by atoms with E-state index in [9.17, 15) is 19.5 Å². The van der Waals surface area contributed by atoms with Crippen molar-refractivity contribution in [2.75, 3.05) is 6.54 Å². The normalized spacial score (nSPS) is 21.5. The van der Waals surface area contributed by atoms with Crippen LogP contribution in [-0.2, 0) is 11.2 Å². The molecule has 23 heavy (non-hydrogen) atoms. The molecule has 0 bridgehead atoms. The number of H-pyrrole nitrogens is 1. The van der Waals surface area contributed by atoms with Crippen LogP contribution in [0.2, 0.25) is 0 Å². The third-order valence-corrected chi connectivity index (χ3v) is 4.15. The lowest BCUT2D eigenvalue weighted by atomic mass is 9.75. The van der Waals surface area contributed by atoms with E-state index in [0.717, 1.165) is 16.3 Å². The van der Waals surface area contributed by atoms with Crippen LogP contribution in [0.5, 0.6) is 0 Å². The number of carbonyl (C=O) groups excluding carboxylic acids is 2. The molecule has 0 spiro atoms. The second-order valence-electron chi connectivity index (χ2n) is 6.76. The van der Waals surface area contributed by atoms with Gasteiger partial charge in [0.05, 0.1) is 5.71 Å². The van der Waals surface area contributed by atoms with Gasteiger partial charge in [-0.05, 0) is 30.7 Å². The van der Waals surface area contributed by atoms with Crippen molar-refractivity contribution >= 4 is 23.6 Å². The third kappa shape index (κ3) is 2.60. The van der Waals surface area contributed by atoms with Crippen molar-refractivity contribution in [1.29, 1.82) is 0 Å². The number of nitrogens with zero attached hydrogens (tertiary/aromatic N) is 2. The summed E-state index contributed by atoms with van der Waals surface area (Å²) in [4.78, 5) is 37.3. The van der Waals surface area contributed by atoms with Gasteiger partial charge < -0.3 is 10.1 Å². The molecule has 0 radical (unpaired) electrons. The predicted octanol–water partition coefficient (Wildman–Crippen LogP) is 1.25. The number of carboxylic acids is 1. The molecular weight excluding hydrogens is 300 g/mol. The minimum atomic E-state index is -1.02. The molecule has 0 atom stereocenters. The van der Waals surface area contributed by atoms with Crippen LogP contribution in [0.3, 0.4) is 0 Å². The van der Waals surface area contributed by atoms with Gasteiger partial charge in [-0.2, -0.15) is 5.10 Å². The van der Waals surface area contributed by atoms with Crippen LogP contribution < -0.4 is 5.32 Å². The molecule has 0 unspecified atom stereocenters. The van der Waals surface area contributed by atoms with Crippen molar-refractivity contribution in [2.24, 2.45) is 10.5 Å². The minimum absolute atomic E-state index is 0.118. The Morgan fingerprint density at radius 3 is 2.57 bits per heavy atom. The van der Waals surface area contributed by atoms with Crippen LogP contribution in [0.4, 0.5) is 4.79 Å². The van der Waals surface area contributed by atoms with E-state index in [1.54, 1.807) is 6.92 Å². The van der Waals surface area contributed by atoms with E-state index >= 15 is 0 Å². The van der Waals surface area contributed by atoms with Gasteiger partial charge >= 0.3 is 12.0 Å². The zero-order chi connectivity index (χ0) is 16.9. The average molecular weight is 318 g/mol. The molecule has 3 amide bonds. The molecule has 3 N–H and O–H groups in total. The Kier molecular flexibility index (Phi) is 3.28. The summed E-state index contributed by atoms with van der Waals surface area (Å²) in [6.45, 7) is 5.71. The Balaban J connectivity index is 2.10. The molecule has 1 fully saturated rings. The first-order chi connectivity index (χ1) is 10.7. The number of aromatic carboxylic acids is 1. The van der Waals surface area contributed by atoms with Gasteiger partial charge in [-0.3, -0.25) is 10.1 Å². The van der Waals surface area contributed by atoms with Gasteiger partial charge in [-0.15, -0.1) is 0 Å². The standard InChI is InChI=1S/C15H18N4O4/c1-7-11-8(16-12(7)13(21)22)4-15(2,3)5-9(11)18-19-6-10(20)17-14(19)23/h16H,4-6H2,1-3H3,(H,21,22)(H,17,20,23)/b18-9+. The summed E-state index contributed by atoms with van der Waals surface area (Å²) in [6.07, 6.45) is 1.29. The fourth-order valence-corrected chi connectivity index (χ4v) is 3.22. The summed E-state index contributed by atoms with van der Waals surface area (Å²) in [5.74, 6) is -1.42. The Labute approximate surface area is 132 Å². The lowest BCUT2D eigenvalue weighted by Crippen LogP contribution is -2.31. The molecule has 2 aliphatic rings. The number of fused-ring (bicyclic) bond motifs is 1. The number of urea groups is 1. The molecular formula is C15H18N4O4. The van der Waals surface area contributed by atoms with Gasteiger partial charge in [0, 0.05) is 11.3 Å². The summed E-state index contributed by atoms with van der Waals surface area (Å²) in [7, 11) is 0. The minimum Gasteiger partial charge on any atom is -0.477 e. The summed E-state index contributed by atoms with van der Waals surface area (Å²) >= 11 is 0. The highest BCUT2D eigenvalue weighted by atomic mass is 16.4. The largest absolute Gasteiger partial charge is 0.477 e. The predicted molar refractivity (Wildman–Crippen MR) is 81.4 cm³/mol. The van der Waals surface area contributed by atoms with E-state index in [2.05, 4.69) is 29.2 Å². The first kappa shape index (κ1) is 15.3. The van der Waals surface area contributed by atoms with Crippen molar-refractivity contribution in [2.45, 2.75) is 33.6 Å². The van der Waals surface area contributed by atoms with Crippen LogP contribution in [-0.4, -0.2) is 45.3 Å². The maximum atomic E-state index is 11.7. The SMILES string of the molecule is Cc1c(C(=O)O)[nH]c2c1/C(=N/N1CC(=O)NC1=O)CC(C)(C)C2. The molecule has 1 aliphatic heterocycles. The first-order valence-electron chi connectivity index (χ1n) is 7.32. The molecule has 0 saturated carbocycles. The van der Waals surface area contributed by atoms with Crippen molar-refractivity contribution in [3.8, 4) is 0 Å². The fraction of sp³-hybridized carbons (Fsp3) is 0.467. The molecule has 8 nitrogen and oxygen atoms in total. The molecule has 1 aromatic heterocycles. The van der Waals surface area contributed by atoms with E-state index in [-0.39, 0.29) is 17.7 Å². The summed E-state index contributed by atoms with van der Waals surface area (Å²) in [5, 5.41) is 16.9. The van der Waals surface area contributed by atoms with E-state index in [4.69, 9.17) is 0 Å². The van der Waals surface area contributed by atoms with Gasteiger partial charge in [0.2, 0.25) is 5.91 Å². The summed E-state index contributed by atoms with van der Waals surface area (Å²) in [5.41, 5.74) is 2.80. The maximum absolute atomic E-state index is 11.7. The Morgan fingerprint density at radius 1 is 1.30 bits per heavy atom. The highest BCUT2D eigenvalue weighted by molar-refractivity contribution is 6.08. The first-order valence-corrected chi connectivity index (χ1v) is 7.32. The number of hydrogen-bond acceptors (Lipinski definition) is 4. The zero-order valence-corrected chi connectivity index (χ0v) is 13.2. The Bertz CT molecular complexity index is 760. The number of hydrazone groups is 1. The van der Waals surface area contributed by atoms with Crippen LogP contribution >= 0.6 is 0 Å². The summed E-state index contributed by atoms with van der Waals surface area (Å²) < 4.78 is 0. The number of amides is 3. The number of hydrogen-bond donors (Lipinski definition) is 3. The number of rotatable bonds is 2. The molecule has 3 rings (SSSR count). The Hall–Kier alpha value is -2.64. The lowest BCUT2D eigenvalue weighted by Gasteiger charge is -2.31. The number of aromatic nitrogens is 1. The number of aromatic amines is 1. The molecule has 2 heterocycles. The second-order valence-corrected chi connectivity index (χ2v) is 6.76. The van der Waals surface area contributed by atoms with Gasteiger partial charge in [-0.1, -0.05) is 13.8 Å².